The highest BCUT2D eigenvalue weighted by Crippen LogP contribution is 2.36. The van der Waals surface area contributed by atoms with Gasteiger partial charge in [0.1, 0.15) is 5.75 Å². The molecule has 1 aliphatic carbocycles. The number of likely N-dealkylation sites (tertiary alicyclic amines) is 1. The number of benzene rings is 1. The SMILES string of the molecule is COc1cccc(CN2CC[C@@H]3[C@@H](CO[C@H]3CC(=O)NC3CC3)C2)c1.O=C(O)C(F)(F)F. The summed E-state index contributed by atoms with van der Waals surface area (Å²) in [5.41, 5.74) is 1.29. The van der Waals surface area contributed by atoms with Gasteiger partial charge in [0.05, 0.1) is 26.2 Å². The number of alkyl halides is 3. The molecule has 0 unspecified atom stereocenters. The third kappa shape index (κ3) is 7.09. The van der Waals surface area contributed by atoms with Crippen molar-refractivity contribution in [3.05, 3.63) is 29.8 Å². The summed E-state index contributed by atoms with van der Waals surface area (Å²) in [5.74, 6) is -0.581. The Morgan fingerprint density at radius 1 is 1.28 bits per heavy atom. The fourth-order valence-corrected chi connectivity index (χ4v) is 4.24. The number of aliphatic carboxylic acids is 1. The van der Waals surface area contributed by atoms with Crippen molar-refractivity contribution in [2.75, 3.05) is 26.8 Å². The normalized spacial score (nSPS) is 25.3. The minimum atomic E-state index is -5.08. The molecule has 2 heterocycles. The van der Waals surface area contributed by atoms with Gasteiger partial charge < -0.3 is 19.9 Å². The molecule has 3 aliphatic rings. The van der Waals surface area contributed by atoms with E-state index in [9.17, 15) is 18.0 Å². The van der Waals surface area contributed by atoms with Crippen molar-refractivity contribution < 1.29 is 37.3 Å². The molecule has 0 aromatic heterocycles. The Morgan fingerprint density at radius 3 is 2.62 bits per heavy atom. The second-order valence-electron chi connectivity index (χ2n) is 8.52. The van der Waals surface area contributed by atoms with E-state index in [1.54, 1.807) is 7.11 Å². The molecule has 32 heavy (non-hydrogen) atoms. The number of amides is 1. The minimum Gasteiger partial charge on any atom is -0.497 e. The van der Waals surface area contributed by atoms with Gasteiger partial charge in [0.2, 0.25) is 5.91 Å². The first kappa shape index (κ1) is 24.3. The number of carbonyl (C=O) groups is 2. The second-order valence-corrected chi connectivity index (χ2v) is 8.52. The molecular formula is C22H29F3N2O5. The standard InChI is InChI=1S/C20H28N2O3.C2HF3O2/c1-24-17-4-2-3-14(9-17)11-22-8-7-18-15(12-22)13-25-19(18)10-20(23)21-16-5-6-16;3-2(4,5)1(6)7/h2-4,9,15-16,18-19H,5-8,10-13H2,1H3,(H,21,23);(H,6,7)/t15-,18-,19+;/m1./s1. The number of fused-ring (bicyclic) bond motifs is 1. The van der Waals surface area contributed by atoms with Crippen molar-refractivity contribution in [1.82, 2.24) is 10.2 Å². The molecule has 3 atom stereocenters. The topological polar surface area (TPSA) is 88.1 Å². The van der Waals surface area contributed by atoms with E-state index in [1.165, 1.54) is 5.56 Å². The van der Waals surface area contributed by atoms with E-state index in [2.05, 4.69) is 22.3 Å². The molecular weight excluding hydrogens is 429 g/mol. The van der Waals surface area contributed by atoms with Crippen LogP contribution in [0.25, 0.3) is 0 Å². The van der Waals surface area contributed by atoms with Gasteiger partial charge in [-0.05, 0) is 49.4 Å². The second kappa shape index (κ2) is 10.5. The predicted octanol–water partition coefficient (Wildman–Crippen LogP) is 2.83. The van der Waals surface area contributed by atoms with Gasteiger partial charge in [-0.1, -0.05) is 12.1 Å². The number of hydrogen-bond acceptors (Lipinski definition) is 5. The number of carboxylic acid groups (broad SMARTS) is 1. The molecule has 0 bridgehead atoms. The highest BCUT2D eigenvalue weighted by Gasteiger charge is 2.42. The fraction of sp³-hybridized carbons (Fsp3) is 0.636. The number of methoxy groups -OCH3 is 1. The van der Waals surface area contributed by atoms with Crippen molar-refractivity contribution in [3.8, 4) is 5.75 Å². The first-order valence-corrected chi connectivity index (χ1v) is 10.7. The molecule has 3 fully saturated rings. The van der Waals surface area contributed by atoms with Gasteiger partial charge in [0, 0.05) is 25.0 Å². The van der Waals surface area contributed by atoms with Crippen LogP contribution in [-0.2, 0) is 20.9 Å². The molecule has 1 aromatic rings. The average Bonchev–Trinajstić information content (AvgIpc) is 3.46. The predicted molar refractivity (Wildman–Crippen MR) is 109 cm³/mol. The van der Waals surface area contributed by atoms with Gasteiger partial charge in [-0.2, -0.15) is 13.2 Å². The van der Waals surface area contributed by atoms with E-state index in [0.717, 1.165) is 51.3 Å². The van der Waals surface area contributed by atoms with Crippen LogP contribution in [0.3, 0.4) is 0 Å². The van der Waals surface area contributed by atoms with Gasteiger partial charge in [-0.3, -0.25) is 9.69 Å². The zero-order chi connectivity index (χ0) is 23.3. The summed E-state index contributed by atoms with van der Waals surface area (Å²) in [6.45, 7) is 3.87. The first-order valence-electron chi connectivity index (χ1n) is 10.7. The van der Waals surface area contributed by atoms with Crippen molar-refractivity contribution in [2.45, 2.75) is 50.6 Å². The van der Waals surface area contributed by atoms with Crippen molar-refractivity contribution in [1.29, 1.82) is 0 Å². The molecule has 4 rings (SSSR count). The van der Waals surface area contributed by atoms with Crippen LogP contribution in [0.4, 0.5) is 13.2 Å². The monoisotopic (exact) mass is 458 g/mol. The molecule has 0 spiro atoms. The van der Waals surface area contributed by atoms with E-state index in [1.807, 2.05) is 12.1 Å². The number of carbonyl (C=O) groups excluding carboxylic acids is 1. The van der Waals surface area contributed by atoms with E-state index in [-0.39, 0.29) is 12.0 Å². The zero-order valence-corrected chi connectivity index (χ0v) is 17.9. The Labute approximate surface area is 184 Å². The molecule has 1 amide bonds. The Balaban J connectivity index is 0.000000360. The molecule has 7 nitrogen and oxygen atoms in total. The summed E-state index contributed by atoms with van der Waals surface area (Å²) < 4.78 is 43.1. The van der Waals surface area contributed by atoms with Gasteiger partial charge in [-0.25, -0.2) is 4.79 Å². The summed E-state index contributed by atoms with van der Waals surface area (Å²) in [5, 5.41) is 10.2. The maximum absolute atomic E-state index is 12.1. The minimum absolute atomic E-state index is 0.114. The summed E-state index contributed by atoms with van der Waals surface area (Å²) in [6, 6.07) is 8.74. The van der Waals surface area contributed by atoms with Crippen LogP contribution in [0.2, 0.25) is 0 Å². The van der Waals surface area contributed by atoms with Crippen molar-refractivity contribution in [3.63, 3.8) is 0 Å². The summed E-state index contributed by atoms with van der Waals surface area (Å²) >= 11 is 0. The molecule has 1 saturated carbocycles. The lowest BCUT2D eigenvalue weighted by Crippen LogP contribution is -2.42. The molecule has 2 aliphatic heterocycles. The Bertz CT molecular complexity index is 800. The fourth-order valence-electron chi connectivity index (χ4n) is 4.24. The maximum atomic E-state index is 12.1. The summed E-state index contributed by atoms with van der Waals surface area (Å²) in [6.07, 6.45) is -1.03. The molecule has 2 saturated heterocycles. The molecule has 178 valence electrons. The van der Waals surface area contributed by atoms with Crippen molar-refractivity contribution in [2.24, 2.45) is 11.8 Å². The lowest BCUT2D eigenvalue weighted by molar-refractivity contribution is -0.192. The maximum Gasteiger partial charge on any atom is 0.490 e. The quantitative estimate of drug-likeness (QED) is 0.682. The molecule has 2 N–H and O–H groups in total. The Kier molecular flexibility index (Phi) is 8.00. The lowest BCUT2D eigenvalue weighted by Gasteiger charge is -2.35. The number of carboxylic acids is 1. The first-order chi connectivity index (χ1) is 15.2. The van der Waals surface area contributed by atoms with Gasteiger partial charge in [-0.15, -0.1) is 0 Å². The number of rotatable bonds is 6. The average molecular weight is 458 g/mol. The Hall–Kier alpha value is -2.33. The Morgan fingerprint density at radius 2 is 2.00 bits per heavy atom. The van der Waals surface area contributed by atoms with Crippen molar-refractivity contribution >= 4 is 11.9 Å². The summed E-state index contributed by atoms with van der Waals surface area (Å²) in [7, 11) is 1.71. The van der Waals surface area contributed by atoms with Crippen LogP contribution in [0.15, 0.2) is 24.3 Å². The van der Waals surface area contributed by atoms with Crippen LogP contribution >= 0.6 is 0 Å². The largest absolute Gasteiger partial charge is 0.497 e. The number of nitrogens with one attached hydrogen (secondary N) is 1. The van der Waals surface area contributed by atoms with Crippen LogP contribution in [0.1, 0.15) is 31.2 Å². The third-order valence-corrected chi connectivity index (χ3v) is 5.99. The van der Waals surface area contributed by atoms with Crippen LogP contribution < -0.4 is 10.1 Å². The van der Waals surface area contributed by atoms with Crippen LogP contribution in [0, 0.1) is 11.8 Å². The molecule has 0 radical (unpaired) electrons. The highest BCUT2D eigenvalue weighted by molar-refractivity contribution is 5.77. The smallest absolute Gasteiger partial charge is 0.490 e. The van der Waals surface area contributed by atoms with Gasteiger partial charge in [0.25, 0.3) is 0 Å². The number of halogens is 3. The van der Waals surface area contributed by atoms with E-state index < -0.39 is 12.1 Å². The lowest BCUT2D eigenvalue weighted by atomic mass is 9.83. The van der Waals surface area contributed by atoms with Crippen LogP contribution in [0.5, 0.6) is 5.75 Å². The number of piperidine rings is 1. The summed E-state index contributed by atoms with van der Waals surface area (Å²) in [4.78, 5) is 23.5. The number of nitrogens with zero attached hydrogens (tertiary/aromatic N) is 1. The number of ether oxygens (including phenoxy) is 2. The van der Waals surface area contributed by atoms with E-state index in [0.29, 0.717) is 24.3 Å². The highest BCUT2D eigenvalue weighted by atomic mass is 19.4. The van der Waals surface area contributed by atoms with Gasteiger partial charge in [0.15, 0.2) is 0 Å². The van der Waals surface area contributed by atoms with Gasteiger partial charge >= 0.3 is 12.1 Å². The van der Waals surface area contributed by atoms with E-state index in [4.69, 9.17) is 19.4 Å². The molecule has 10 heteroatoms. The van der Waals surface area contributed by atoms with E-state index >= 15 is 0 Å². The van der Waals surface area contributed by atoms with Crippen LogP contribution in [-0.4, -0.2) is 67.0 Å². The third-order valence-electron chi connectivity index (χ3n) is 5.99. The zero-order valence-electron chi connectivity index (χ0n) is 17.9. The number of hydrogen-bond donors (Lipinski definition) is 2. The molecule has 1 aromatic carbocycles.